The average Bonchev–Trinajstić information content (AvgIpc) is 2.70. The molecule has 0 radical (unpaired) electrons. The molecule has 0 aliphatic heterocycles. The van der Waals surface area contributed by atoms with E-state index in [9.17, 15) is 0 Å². The fraction of sp³-hybridized carbons (Fsp3) is 0.462. The first kappa shape index (κ1) is 11.1. The standard InChI is InChI=1S/C13H18N2O/c1-3-10-5-6-11-12(9-10)15-13(14-11)7-8-16-4-2/h5-6,9H,3-4,7-8H2,1-2H3,(H,14,15). The zero-order chi connectivity index (χ0) is 11.4. The number of rotatable bonds is 5. The molecule has 1 aromatic carbocycles. The van der Waals surface area contributed by atoms with Crippen molar-refractivity contribution in [2.45, 2.75) is 26.7 Å². The van der Waals surface area contributed by atoms with E-state index in [1.54, 1.807) is 0 Å². The monoisotopic (exact) mass is 218 g/mol. The first-order valence-corrected chi connectivity index (χ1v) is 5.88. The Morgan fingerprint density at radius 2 is 2.19 bits per heavy atom. The van der Waals surface area contributed by atoms with E-state index < -0.39 is 0 Å². The molecule has 0 aliphatic carbocycles. The third-order valence-corrected chi connectivity index (χ3v) is 2.69. The summed E-state index contributed by atoms with van der Waals surface area (Å²) in [7, 11) is 0. The summed E-state index contributed by atoms with van der Waals surface area (Å²) in [4.78, 5) is 7.86. The fourth-order valence-corrected chi connectivity index (χ4v) is 1.76. The Hall–Kier alpha value is -1.35. The Balaban J connectivity index is 2.16. The summed E-state index contributed by atoms with van der Waals surface area (Å²) in [6, 6.07) is 6.39. The van der Waals surface area contributed by atoms with Crippen molar-refractivity contribution in [1.29, 1.82) is 0 Å². The van der Waals surface area contributed by atoms with Gasteiger partial charge < -0.3 is 9.72 Å². The lowest BCUT2D eigenvalue weighted by atomic mass is 10.1. The second-order valence-corrected chi connectivity index (χ2v) is 3.84. The molecule has 1 heterocycles. The molecule has 0 fully saturated rings. The number of hydrogen-bond acceptors (Lipinski definition) is 2. The largest absolute Gasteiger partial charge is 0.381 e. The van der Waals surface area contributed by atoms with Crippen LogP contribution in [0.25, 0.3) is 11.0 Å². The normalized spacial score (nSPS) is 11.1. The lowest BCUT2D eigenvalue weighted by molar-refractivity contribution is 0.149. The van der Waals surface area contributed by atoms with Gasteiger partial charge in [-0.05, 0) is 31.0 Å². The van der Waals surface area contributed by atoms with Crippen molar-refractivity contribution < 1.29 is 4.74 Å². The van der Waals surface area contributed by atoms with Crippen molar-refractivity contribution in [2.24, 2.45) is 0 Å². The number of H-pyrrole nitrogens is 1. The lowest BCUT2D eigenvalue weighted by Crippen LogP contribution is -1.99. The number of nitrogens with one attached hydrogen (secondary N) is 1. The molecular weight excluding hydrogens is 200 g/mol. The van der Waals surface area contributed by atoms with Crippen LogP contribution >= 0.6 is 0 Å². The number of benzene rings is 1. The summed E-state index contributed by atoms with van der Waals surface area (Å²) in [6.45, 7) is 5.66. The van der Waals surface area contributed by atoms with Gasteiger partial charge in [-0.3, -0.25) is 0 Å². The highest BCUT2D eigenvalue weighted by molar-refractivity contribution is 5.75. The highest BCUT2D eigenvalue weighted by Gasteiger charge is 2.02. The van der Waals surface area contributed by atoms with Crippen LogP contribution < -0.4 is 0 Å². The van der Waals surface area contributed by atoms with Crippen LogP contribution in [-0.4, -0.2) is 23.2 Å². The Kier molecular flexibility index (Phi) is 3.57. The van der Waals surface area contributed by atoms with Crippen LogP contribution in [0.1, 0.15) is 25.2 Å². The summed E-state index contributed by atoms with van der Waals surface area (Å²) >= 11 is 0. The molecular formula is C13H18N2O. The van der Waals surface area contributed by atoms with E-state index in [0.29, 0.717) is 0 Å². The van der Waals surface area contributed by atoms with Crippen LogP contribution in [0.15, 0.2) is 18.2 Å². The number of aromatic nitrogens is 2. The maximum Gasteiger partial charge on any atom is 0.109 e. The lowest BCUT2D eigenvalue weighted by Gasteiger charge is -1.96. The number of fused-ring (bicyclic) bond motifs is 1. The Labute approximate surface area is 95.8 Å². The second-order valence-electron chi connectivity index (χ2n) is 3.84. The van der Waals surface area contributed by atoms with Crippen LogP contribution in [0.4, 0.5) is 0 Å². The summed E-state index contributed by atoms with van der Waals surface area (Å²) in [5.41, 5.74) is 3.52. The third kappa shape index (κ3) is 2.42. The number of ether oxygens (including phenoxy) is 1. The maximum atomic E-state index is 5.32. The molecule has 0 amide bonds. The first-order chi connectivity index (χ1) is 7.83. The first-order valence-electron chi connectivity index (χ1n) is 5.88. The second kappa shape index (κ2) is 5.12. The molecule has 0 atom stereocenters. The van der Waals surface area contributed by atoms with Gasteiger partial charge in [0.05, 0.1) is 17.6 Å². The summed E-state index contributed by atoms with van der Waals surface area (Å²) in [6.07, 6.45) is 1.91. The van der Waals surface area contributed by atoms with Gasteiger partial charge in [0.25, 0.3) is 0 Å². The summed E-state index contributed by atoms with van der Waals surface area (Å²) in [5.74, 6) is 1.01. The van der Waals surface area contributed by atoms with E-state index in [4.69, 9.17) is 4.74 Å². The van der Waals surface area contributed by atoms with Gasteiger partial charge in [0.1, 0.15) is 5.82 Å². The van der Waals surface area contributed by atoms with Crippen LogP contribution in [0, 0.1) is 0 Å². The topological polar surface area (TPSA) is 37.9 Å². The van der Waals surface area contributed by atoms with Crippen molar-refractivity contribution in [1.82, 2.24) is 9.97 Å². The van der Waals surface area contributed by atoms with E-state index in [2.05, 4.69) is 35.1 Å². The SMILES string of the molecule is CCOCCc1nc2ccc(CC)cc2[nH]1. The van der Waals surface area contributed by atoms with E-state index in [-0.39, 0.29) is 0 Å². The highest BCUT2D eigenvalue weighted by Crippen LogP contribution is 2.14. The van der Waals surface area contributed by atoms with E-state index >= 15 is 0 Å². The van der Waals surface area contributed by atoms with E-state index in [1.165, 1.54) is 5.56 Å². The zero-order valence-corrected chi connectivity index (χ0v) is 9.92. The van der Waals surface area contributed by atoms with Crippen molar-refractivity contribution in [3.63, 3.8) is 0 Å². The molecule has 3 heteroatoms. The molecule has 2 rings (SSSR count). The maximum absolute atomic E-state index is 5.32. The zero-order valence-electron chi connectivity index (χ0n) is 9.92. The van der Waals surface area contributed by atoms with Crippen molar-refractivity contribution in [3.05, 3.63) is 29.6 Å². The van der Waals surface area contributed by atoms with Crippen LogP contribution in [0.5, 0.6) is 0 Å². The molecule has 0 saturated carbocycles. The molecule has 0 unspecified atom stereocenters. The van der Waals surface area contributed by atoms with Gasteiger partial charge in [0.15, 0.2) is 0 Å². The molecule has 16 heavy (non-hydrogen) atoms. The summed E-state index contributed by atoms with van der Waals surface area (Å²) < 4.78 is 5.32. The number of imidazole rings is 1. The minimum Gasteiger partial charge on any atom is -0.381 e. The fourth-order valence-electron chi connectivity index (χ4n) is 1.76. The average molecular weight is 218 g/mol. The number of hydrogen-bond donors (Lipinski definition) is 1. The van der Waals surface area contributed by atoms with Gasteiger partial charge in [-0.1, -0.05) is 13.0 Å². The molecule has 0 saturated heterocycles. The smallest absolute Gasteiger partial charge is 0.109 e. The van der Waals surface area contributed by atoms with Crippen LogP contribution in [0.3, 0.4) is 0 Å². The number of aromatic amines is 1. The highest BCUT2D eigenvalue weighted by atomic mass is 16.5. The minimum absolute atomic E-state index is 0.733. The van der Waals surface area contributed by atoms with Crippen molar-refractivity contribution in [2.75, 3.05) is 13.2 Å². The third-order valence-electron chi connectivity index (χ3n) is 2.69. The van der Waals surface area contributed by atoms with Gasteiger partial charge in [-0.25, -0.2) is 4.98 Å². The molecule has 1 aromatic heterocycles. The quantitative estimate of drug-likeness (QED) is 0.783. The Bertz CT molecular complexity index is 462. The van der Waals surface area contributed by atoms with Crippen LogP contribution in [0.2, 0.25) is 0 Å². The number of nitrogens with zero attached hydrogens (tertiary/aromatic N) is 1. The molecule has 3 nitrogen and oxygen atoms in total. The predicted octanol–water partition coefficient (Wildman–Crippen LogP) is 2.70. The van der Waals surface area contributed by atoms with E-state index in [0.717, 1.165) is 42.9 Å². The van der Waals surface area contributed by atoms with Gasteiger partial charge >= 0.3 is 0 Å². The van der Waals surface area contributed by atoms with Gasteiger partial charge in [0.2, 0.25) is 0 Å². The molecule has 0 bridgehead atoms. The van der Waals surface area contributed by atoms with Crippen molar-refractivity contribution in [3.8, 4) is 0 Å². The van der Waals surface area contributed by atoms with Crippen LogP contribution in [-0.2, 0) is 17.6 Å². The predicted molar refractivity (Wildman–Crippen MR) is 65.7 cm³/mol. The molecule has 86 valence electrons. The van der Waals surface area contributed by atoms with Gasteiger partial charge in [0, 0.05) is 13.0 Å². The molecule has 1 N–H and O–H groups in total. The Morgan fingerprint density at radius 1 is 1.31 bits per heavy atom. The summed E-state index contributed by atoms with van der Waals surface area (Å²) in [5, 5.41) is 0. The van der Waals surface area contributed by atoms with Gasteiger partial charge in [-0.2, -0.15) is 0 Å². The Morgan fingerprint density at radius 3 is 2.94 bits per heavy atom. The molecule has 0 spiro atoms. The van der Waals surface area contributed by atoms with Gasteiger partial charge in [-0.15, -0.1) is 0 Å². The van der Waals surface area contributed by atoms with E-state index in [1.807, 2.05) is 6.92 Å². The molecule has 0 aliphatic rings. The van der Waals surface area contributed by atoms with Crippen molar-refractivity contribution >= 4 is 11.0 Å². The number of aryl methyl sites for hydroxylation is 1. The molecule has 2 aromatic rings. The minimum atomic E-state index is 0.733.